The average Bonchev–Trinajstić information content (AvgIpc) is 2.93. The summed E-state index contributed by atoms with van der Waals surface area (Å²) in [5.74, 6) is 0.825. The van der Waals surface area contributed by atoms with E-state index in [1.807, 2.05) is 6.92 Å². The third-order valence-electron chi connectivity index (χ3n) is 1.83. The number of rotatable bonds is 9. The monoisotopic (exact) mass is 189 g/mol. The van der Waals surface area contributed by atoms with Gasteiger partial charge in [-0.25, -0.2) is 0 Å². The number of ether oxygens (including phenoxy) is 3. The molecule has 0 aromatic carbocycles. The fourth-order valence-corrected chi connectivity index (χ4v) is 0.880. The summed E-state index contributed by atoms with van der Waals surface area (Å²) in [4.78, 5) is 0. The molecule has 4 heteroatoms. The third kappa shape index (κ3) is 6.95. The molecule has 0 spiro atoms. The van der Waals surface area contributed by atoms with Crippen LogP contribution in [-0.4, -0.2) is 33.5 Å². The molecule has 1 N–H and O–H groups in total. The standard InChI is InChI=1S/C9H19NO3/c1-2-11-8-13-7-10-6-12-5-9-3-4-9/h9-10H,2-8H2,1H3. The van der Waals surface area contributed by atoms with E-state index in [9.17, 15) is 0 Å². The zero-order valence-corrected chi connectivity index (χ0v) is 8.25. The van der Waals surface area contributed by atoms with Crippen molar-refractivity contribution in [3.05, 3.63) is 0 Å². The molecular weight excluding hydrogens is 170 g/mol. The van der Waals surface area contributed by atoms with E-state index >= 15 is 0 Å². The van der Waals surface area contributed by atoms with E-state index in [0.717, 1.165) is 12.5 Å². The summed E-state index contributed by atoms with van der Waals surface area (Å²) in [6.45, 7) is 4.94. The van der Waals surface area contributed by atoms with Gasteiger partial charge in [-0.15, -0.1) is 0 Å². The van der Waals surface area contributed by atoms with Gasteiger partial charge < -0.3 is 14.2 Å². The van der Waals surface area contributed by atoms with Gasteiger partial charge in [-0.3, -0.25) is 5.32 Å². The molecule has 0 bridgehead atoms. The minimum absolute atomic E-state index is 0.353. The average molecular weight is 189 g/mol. The highest BCUT2D eigenvalue weighted by atomic mass is 16.7. The smallest absolute Gasteiger partial charge is 0.148 e. The van der Waals surface area contributed by atoms with Gasteiger partial charge in [0, 0.05) is 6.61 Å². The quantitative estimate of drug-likeness (QED) is 0.432. The van der Waals surface area contributed by atoms with Crippen molar-refractivity contribution < 1.29 is 14.2 Å². The SMILES string of the molecule is CCOCOCNCOCC1CC1. The van der Waals surface area contributed by atoms with Crippen LogP contribution in [0.5, 0.6) is 0 Å². The minimum atomic E-state index is 0.353. The fraction of sp³-hybridized carbons (Fsp3) is 1.00. The summed E-state index contributed by atoms with van der Waals surface area (Å²) in [6, 6.07) is 0. The molecule has 1 rings (SSSR count). The molecule has 78 valence electrons. The molecular formula is C9H19NO3. The Hall–Kier alpha value is -0.160. The molecule has 13 heavy (non-hydrogen) atoms. The predicted octanol–water partition coefficient (Wildman–Crippen LogP) is 0.928. The van der Waals surface area contributed by atoms with Crippen LogP contribution < -0.4 is 5.32 Å². The van der Waals surface area contributed by atoms with Crippen LogP contribution in [0.25, 0.3) is 0 Å². The van der Waals surface area contributed by atoms with Gasteiger partial charge in [0.25, 0.3) is 0 Å². The van der Waals surface area contributed by atoms with Crippen molar-refractivity contribution >= 4 is 0 Å². The second-order valence-electron chi connectivity index (χ2n) is 3.17. The molecule has 1 saturated carbocycles. The first-order chi connectivity index (χ1) is 6.43. The maximum absolute atomic E-state index is 5.33. The second-order valence-corrected chi connectivity index (χ2v) is 3.17. The van der Waals surface area contributed by atoms with Crippen molar-refractivity contribution in [1.29, 1.82) is 0 Å². The van der Waals surface area contributed by atoms with Crippen LogP contribution in [0.2, 0.25) is 0 Å². The van der Waals surface area contributed by atoms with E-state index in [1.165, 1.54) is 12.8 Å². The summed E-state index contributed by atoms with van der Waals surface area (Å²) in [5.41, 5.74) is 0. The molecule has 0 aromatic heterocycles. The normalized spacial score (nSPS) is 16.4. The molecule has 0 saturated heterocycles. The summed E-state index contributed by atoms with van der Waals surface area (Å²) in [7, 11) is 0. The Bertz CT molecular complexity index is 117. The molecule has 0 aromatic rings. The molecule has 0 unspecified atom stereocenters. The highest BCUT2D eigenvalue weighted by Crippen LogP contribution is 2.28. The van der Waals surface area contributed by atoms with Crippen molar-refractivity contribution in [2.24, 2.45) is 5.92 Å². The van der Waals surface area contributed by atoms with Crippen LogP contribution in [0.3, 0.4) is 0 Å². The van der Waals surface area contributed by atoms with E-state index in [1.54, 1.807) is 0 Å². The summed E-state index contributed by atoms with van der Waals surface area (Å²) in [6.07, 6.45) is 2.67. The van der Waals surface area contributed by atoms with Crippen LogP contribution in [0, 0.1) is 5.92 Å². The maximum Gasteiger partial charge on any atom is 0.148 e. The van der Waals surface area contributed by atoms with Crippen LogP contribution in [0.15, 0.2) is 0 Å². The molecule has 0 atom stereocenters. The van der Waals surface area contributed by atoms with E-state index in [2.05, 4.69) is 5.32 Å². The van der Waals surface area contributed by atoms with Crippen LogP contribution >= 0.6 is 0 Å². The van der Waals surface area contributed by atoms with Gasteiger partial charge in [0.2, 0.25) is 0 Å². The Morgan fingerprint density at radius 1 is 1.15 bits per heavy atom. The first kappa shape index (κ1) is 10.9. The van der Waals surface area contributed by atoms with Crippen LogP contribution in [-0.2, 0) is 14.2 Å². The van der Waals surface area contributed by atoms with E-state index in [4.69, 9.17) is 14.2 Å². The number of nitrogens with one attached hydrogen (secondary N) is 1. The molecule has 1 aliphatic carbocycles. The Labute approximate surface area is 79.5 Å². The maximum atomic E-state index is 5.33. The van der Waals surface area contributed by atoms with E-state index in [0.29, 0.717) is 26.9 Å². The first-order valence-electron chi connectivity index (χ1n) is 4.87. The molecule has 0 radical (unpaired) electrons. The van der Waals surface area contributed by atoms with Gasteiger partial charge in [0.1, 0.15) is 13.5 Å². The van der Waals surface area contributed by atoms with Crippen molar-refractivity contribution in [3.8, 4) is 0 Å². The van der Waals surface area contributed by atoms with Gasteiger partial charge in [-0.1, -0.05) is 0 Å². The van der Waals surface area contributed by atoms with Crippen molar-refractivity contribution in [2.75, 3.05) is 33.5 Å². The Kier molecular flexibility index (Phi) is 6.10. The highest BCUT2D eigenvalue weighted by Gasteiger charge is 2.20. The zero-order valence-electron chi connectivity index (χ0n) is 8.25. The van der Waals surface area contributed by atoms with Gasteiger partial charge in [-0.05, 0) is 25.7 Å². The van der Waals surface area contributed by atoms with Gasteiger partial charge in [0.15, 0.2) is 0 Å². The summed E-state index contributed by atoms with van der Waals surface area (Å²) in [5, 5.41) is 3.00. The lowest BCUT2D eigenvalue weighted by Crippen LogP contribution is -2.22. The Morgan fingerprint density at radius 2 is 1.92 bits per heavy atom. The first-order valence-corrected chi connectivity index (χ1v) is 4.87. The van der Waals surface area contributed by atoms with E-state index < -0.39 is 0 Å². The molecule has 0 heterocycles. The largest absolute Gasteiger partial charge is 0.366 e. The lowest BCUT2D eigenvalue weighted by Gasteiger charge is -2.06. The van der Waals surface area contributed by atoms with Crippen molar-refractivity contribution in [1.82, 2.24) is 5.32 Å². The third-order valence-corrected chi connectivity index (χ3v) is 1.83. The van der Waals surface area contributed by atoms with Crippen LogP contribution in [0.4, 0.5) is 0 Å². The fourth-order valence-electron chi connectivity index (χ4n) is 0.880. The lowest BCUT2D eigenvalue weighted by molar-refractivity contribution is -0.0624. The molecule has 4 nitrogen and oxygen atoms in total. The minimum Gasteiger partial charge on any atom is -0.366 e. The Morgan fingerprint density at radius 3 is 2.62 bits per heavy atom. The number of hydrogen-bond donors (Lipinski definition) is 1. The molecule has 1 aliphatic rings. The Balaban J connectivity index is 1.63. The highest BCUT2D eigenvalue weighted by molar-refractivity contribution is 4.71. The van der Waals surface area contributed by atoms with Gasteiger partial charge in [-0.2, -0.15) is 0 Å². The zero-order chi connectivity index (χ0) is 9.36. The van der Waals surface area contributed by atoms with Crippen molar-refractivity contribution in [2.45, 2.75) is 19.8 Å². The lowest BCUT2D eigenvalue weighted by atomic mass is 10.5. The second kappa shape index (κ2) is 7.26. The topological polar surface area (TPSA) is 39.7 Å². The van der Waals surface area contributed by atoms with Crippen LogP contribution in [0.1, 0.15) is 19.8 Å². The van der Waals surface area contributed by atoms with Crippen molar-refractivity contribution in [3.63, 3.8) is 0 Å². The van der Waals surface area contributed by atoms with Gasteiger partial charge >= 0.3 is 0 Å². The molecule has 0 amide bonds. The summed E-state index contributed by atoms with van der Waals surface area (Å²) < 4.78 is 15.4. The predicted molar refractivity (Wildman–Crippen MR) is 49.1 cm³/mol. The van der Waals surface area contributed by atoms with E-state index in [-0.39, 0.29) is 0 Å². The van der Waals surface area contributed by atoms with Gasteiger partial charge in [0.05, 0.1) is 13.3 Å². The molecule has 1 fully saturated rings. The number of hydrogen-bond acceptors (Lipinski definition) is 4. The summed E-state index contributed by atoms with van der Waals surface area (Å²) >= 11 is 0. The molecule has 0 aliphatic heterocycles.